The van der Waals surface area contributed by atoms with E-state index in [9.17, 15) is 13.2 Å². The van der Waals surface area contributed by atoms with Gasteiger partial charge in [-0.3, -0.25) is 4.79 Å². The van der Waals surface area contributed by atoms with Crippen LogP contribution in [0.3, 0.4) is 0 Å². The highest BCUT2D eigenvalue weighted by Crippen LogP contribution is 2.28. The Hall–Kier alpha value is -0.440. The molecule has 0 spiro atoms. The second-order valence-electron chi connectivity index (χ2n) is 4.94. The lowest BCUT2D eigenvalue weighted by Gasteiger charge is -2.16. The van der Waals surface area contributed by atoms with Gasteiger partial charge in [-0.25, -0.2) is 13.1 Å². The van der Waals surface area contributed by atoms with Crippen LogP contribution in [0.2, 0.25) is 0 Å². The van der Waals surface area contributed by atoms with Crippen LogP contribution in [-0.2, 0) is 14.8 Å². The molecule has 1 fully saturated rings. The van der Waals surface area contributed by atoms with E-state index in [0.717, 1.165) is 18.4 Å². The van der Waals surface area contributed by atoms with E-state index in [4.69, 9.17) is 0 Å². The summed E-state index contributed by atoms with van der Waals surface area (Å²) < 4.78 is 28.2. The monoisotopic (exact) mass is 438 g/mol. The molecule has 1 aromatic carbocycles. The first-order valence-electron chi connectivity index (χ1n) is 6.54. The molecule has 1 amide bonds. The Morgan fingerprint density at radius 3 is 2.48 bits per heavy atom. The van der Waals surface area contributed by atoms with Gasteiger partial charge < -0.3 is 4.90 Å². The van der Waals surface area contributed by atoms with Gasteiger partial charge in [0.05, 0.1) is 11.4 Å². The van der Waals surface area contributed by atoms with E-state index in [-0.39, 0.29) is 17.3 Å². The van der Waals surface area contributed by atoms with Crippen LogP contribution in [-0.4, -0.2) is 38.9 Å². The third kappa shape index (κ3) is 4.06. The van der Waals surface area contributed by atoms with Crippen LogP contribution < -0.4 is 4.72 Å². The smallest absolute Gasteiger partial charge is 0.242 e. The Bertz CT molecular complexity index is 656. The quantitative estimate of drug-likeness (QED) is 0.783. The van der Waals surface area contributed by atoms with Crippen molar-refractivity contribution < 1.29 is 13.2 Å². The summed E-state index contributed by atoms with van der Waals surface area (Å²) in [4.78, 5) is 13.7. The summed E-state index contributed by atoms with van der Waals surface area (Å²) >= 11 is 6.57. The van der Waals surface area contributed by atoms with Crippen LogP contribution in [0, 0.1) is 6.92 Å². The van der Waals surface area contributed by atoms with Crippen molar-refractivity contribution in [3.8, 4) is 0 Å². The molecule has 1 aliphatic heterocycles. The number of aryl methyl sites for hydroxylation is 1. The lowest BCUT2D eigenvalue weighted by atomic mass is 10.2. The number of nitrogens with one attached hydrogen (secondary N) is 1. The van der Waals surface area contributed by atoms with Gasteiger partial charge in [0, 0.05) is 22.0 Å². The molecule has 116 valence electrons. The predicted octanol–water partition coefficient (Wildman–Crippen LogP) is 2.42. The molecule has 1 aromatic rings. The molecule has 1 saturated heterocycles. The predicted molar refractivity (Wildman–Crippen MR) is 87.6 cm³/mol. The van der Waals surface area contributed by atoms with E-state index >= 15 is 0 Å². The van der Waals surface area contributed by atoms with Gasteiger partial charge in [-0.1, -0.05) is 15.9 Å². The number of likely N-dealkylation sites (tertiary alicyclic amines) is 1. The molecule has 21 heavy (non-hydrogen) atoms. The number of halogens is 2. The Morgan fingerprint density at radius 2 is 1.86 bits per heavy atom. The number of benzene rings is 1. The average molecular weight is 440 g/mol. The van der Waals surface area contributed by atoms with Crippen molar-refractivity contribution in [3.63, 3.8) is 0 Å². The maximum atomic E-state index is 12.3. The number of hydrogen-bond acceptors (Lipinski definition) is 3. The van der Waals surface area contributed by atoms with Gasteiger partial charge in [-0.05, 0) is 53.4 Å². The number of sulfonamides is 1. The summed E-state index contributed by atoms with van der Waals surface area (Å²) in [5, 5.41) is 0. The number of carbonyl (C=O) groups is 1. The minimum absolute atomic E-state index is 0.120. The summed E-state index contributed by atoms with van der Waals surface area (Å²) in [6.45, 7) is 3.08. The van der Waals surface area contributed by atoms with Crippen molar-refractivity contribution in [2.75, 3.05) is 19.6 Å². The molecular weight excluding hydrogens is 424 g/mol. The summed E-state index contributed by atoms with van der Waals surface area (Å²) in [6.07, 6.45) is 1.96. The minimum atomic E-state index is -3.73. The van der Waals surface area contributed by atoms with E-state index in [1.807, 2.05) is 6.92 Å². The van der Waals surface area contributed by atoms with Crippen LogP contribution in [0.5, 0.6) is 0 Å². The third-order valence-electron chi connectivity index (χ3n) is 3.37. The van der Waals surface area contributed by atoms with Crippen LogP contribution in [0.1, 0.15) is 18.4 Å². The molecular formula is C13H16Br2N2O3S. The molecule has 0 unspecified atom stereocenters. The molecule has 0 aliphatic carbocycles. The lowest BCUT2D eigenvalue weighted by molar-refractivity contribution is -0.128. The van der Waals surface area contributed by atoms with E-state index in [2.05, 4.69) is 36.6 Å². The van der Waals surface area contributed by atoms with Crippen molar-refractivity contribution in [3.05, 3.63) is 26.6 Å². The Labute approximate surface area is 141 Å². The van der Waals surface area contributed by atoms with Crippen molar-refractivity contribution in [2.24, 2.45) is 0 Å². The Kier molecular flexibility index (Phi) is 5.45. The standard InChI is InChI=1S/C13H16Br2N2O3S/c1-9-6-11(15)12(7-10(9)14)21(19,20)16-8-13(18)17-4-2-3-5-17/h6-7,16H,2-5,8H2,1H3. The fraction of sp³-hybridized carbons (Fsp3) is 0.462. The molecule has 1 N–H and O–H groups in total. The van der Waals surface area contributed by atoms with Crippen LogP contribution in [0.4, 0.5) is 0 Å². The molecule has 0 saturated carbocycles. The molecule has 5 nitrogen and oxygen atoms in total. The lowest BCUT2D eigenvalue weighted by Crippen LogP contribution is -2.38. The topological polar surface area (TPSA) is 66.5 Å². The number of amides is 1. The zero-order valence-electron chi connectivity index (χ0n) is 11.5. The van der Waals surface area contributed by atoms with Crippen LogP contribution in [0.15, 0.2) is 26.0 Å². The van der Waals surface area contributed by atoms with Crippen LogP contribution >= 0.6 is 31.9 Å². The van der Waals surface area contributed by atoms with E-state index in [1.165, 1.54) is 6.07 Å². The van der Waals surface area contributed by atoms with Crippen molar-refractivity contribution in [1.29, 1.82) is 0 Å². The number of nitrogens with zero attached hydrogens (tertiary/aromatic N) is 1. The van der Waals surface area contributed by atoms with Gasteiger partial charge >= 0.3 is 0 Å². The van der Waals surface area contributed by atoms with Gasteiger partial charge in [0.25, 0.3) is 0 Å². The number of carbonyl (C=O) groups excluding carboxylic acids is 1. The zero-order valence-corrected chi connectivity index (χ0v) is 15.5. The summed E-state index contributed by atoms with van der Waals surface area (Å²) in [7, 11) is -3.73. The highest BCUT2D eigenvalue weighted by molar-refractivity contribution is 9.11. The fourth-order valence-electron chi connectivity index (χ4n) is 2.15. The molecule has 8 heteroatoms. The summed E-state index contributed by atoms with van der Waals surface area (Å²) in [5.74, 6) is -0.182. The molecule has 0 atom stereocenters. The zero-order chi connectivity index (χ0) is 15.6. The molecule has 2 rings (SSSR count). The van der Waals surface area contributed by atoms with Gasteiger partial charge in [-0.2, -0.15) is 0 Å². The number of hydrogen-bond donors (Lipinski definition) is 1. The SMILES string of the molecule is Cc1cc(Br)c(S(=O)(=O)NCC(=O)N2CCCC2)cc1Br. The van der Waals surface area contributed by atoms with E-state index in [0.29, 0.717) is 22.0 Å². The van der Waals surface area contributed by atoms with E-state index < -0.39 is 10.0 Å². The van der Waals surface area contributed by atoms with E-state index in [1.54, 1.807) is 11.0 Å². The second-order valence-corrected chi connectivity index (χ2v) is 8.39. The molecule has 0 radical (unpaired) electrons. The normalized spacial score (nSPS) is 15.5. The molecule has 0 aromatic heterocycles. The highest BCUT2D eigenvalue weighted by Gasteiger charge is 2.23. The Balaban J connectivity index is 2.11. The van der Waals surface area contributed by atoms with Crippen molar-refractivity contribution in [2.45, 2.75) is 24.7 Å². The minimum Gasteiger partial charge on any atom is -0.342 e. The first-order chi connectivity index (χ1) is 9.81. The maximum absolute atomic E-state index is 12.3. The van der Waals surface area contributed by atoms with Gasteiger partial charge in [0.2, 0.25) is 15.9 Å². The summed E-state index contributed by atoms with van der Waals surface area (Å²) in [5.41, 5.74) is 0.925. The van der Waals surface area contributed by atoms with Crippen LogP contribution in [0.25, 0.3) is 0 Å². The first kappa shape index (κ1) is 16.9. The van der Waals surface area contributed by atoms with Crippen molar-refractivity contribution >= 4 is 47.8 Å². The second kappa shape index (κ2) is 6.76. The molecule has 0 bridgehead atoms. The Morgan fingerprint density at radius 1 is 1.24 bits per heavy atom. The fourth-order valence-corrected chi connectivity index (χ4v) is 4.80. The average Bonchev–Trinajstić information content (AvgIpc) is 2.94. The highest BCUT2D eigenvalue weighted by atomic mass is 79.9. The maximum Gasteiger partial charge on any atom is 0.242 e. The van der Waals surface area contributed by atoms with Gasteiger partial charge in [-0.15, -0.1) is 0 Å². The molecule has 1 aliphatic rings. The van der Waals surface area contributed by atoms with Crippen molar-refractivity contribution in [1.82, 2.24) is 9.62 Å². The number of rotatable bonds is 4. The third-order valence-corrected chi connectivity index (χ3v) is 6.59. The van der Waals surface area contributed by atoms with Gasteiger partial charge in [0.15, 0.2) is 0 Å². The first-order valence-corrected chi connectivity index (χ1v) is 9.61. The summed E-state index contributed by atoms with van der Waals surface area (Å²) in [6, 6.07) is 3.25. The molecule has 1 heterocycles. The largest absolute Gasteiger partial charge is 0.342 e. The van der Waals surface area contributed by atoms with Gasteiger partial charge in [0.1, 0.15) is 0 Å².